The predicted octanol–water partition coefficient (Wildman–Crippen LogP) is 2.93. The summed E-state index contributed by atoms with van der Waals surface area (Å²) < 4.78 is 13.6. The van der Waals surface area contributed by atoms with E-state index in [2.05, 4.69) is 4.98 Å². The molecule has 0 aliphatic carbocycles. The molecule has 6 heteroatoms. The maximum Gasteiger partial charge on any atom is 0.340 e. The number of carboxylic acid groups (broad SMARTS) is 1. The van der Waals surface area contributed by atoms with Crippen LogP contribution in [0.4, 0.5) is 10.1 Å². The maximum absolute atomic E-state index is 13.6. The lowest BCUT2D eigenvalue weighted by Crippen LogP contribution is -2.20. The number of anilines is 1. The van der Waals surface area contributed by atoms with Crippen molar-refractivity contribution in [2.75, 3.05) is 11.9 Å². The van der Waals surface area contributed by atoms with E-state index in [0.29, 0.717) is 12.2 Å². The molecule has 0 spiro atoms. The first kappa shape index (κ1) is 13.5. The summed E-state index contributed by atoms with van der Waals surface area (Å²) in [6.07, 6.45) is 0. The topological polar surface area (TPSA) is 53.4 Å². The smallest absolute Gasteiger partial charge is 0.340 e. The van der Waals surface area contributed by atoms with Crippen molar-refractivity contribution in [2.45, 2.75) is 13.5 Å². The first-order valence-corrected chi connectivity index (χ1v) is 6.51. The van der Waals surface area contributed by atoms with E-state index in [0.717, 1.165) is 16.8 Å². The molecule has 0 fully saturated rings. The summed E-state index contributed by atoms with van der Waals surface area (Å²) >= 11 is 1.53. The Kier molecular flexibility index (Phi) is 3.80. The number of rotatable bonds is 4. The largest absolute Gasteiger partial charge is 0.478 e. The summed E-state index contributed by atoms with van der Waals surface area (Å²) in [5.41, 5.74) is 0.876. The second-order valence-electron chi connectivity index (χ2n) is 4.15. The highest BCUT2D eigenvalue weighted by molar-refractivity contribution is 7.09. The van der Waals surface area contributed by atoms with Crippen LogP contribution in [0.25, 0.3) is 0 Å². The third-order valence-electron chi connectivity index (χ3n) is 2.68. The van der Waals surface area contributed by atoms with Gasteiger partial charge in [0, 0.05) is 12.4 Å². The summed E-state index contributed by atoms with van der Waals surface area (Å²) in [5, 5.41) is 11.9. The van der Waals surface area contributed by atoms with Gasteiger partial charge in [0.2, 0.25) is 0 Å². The minimum atomic E-state index is -1.27. The van der Waals surface area contributed by atoms with Crippen molar-refractivity contribution in [2.24, 2.45) is 0 Å². The van der Waals surface area contributed by atoms with Gasteiger partial charge in [-0.2, -0.15) is 0 Å². The molecule has 0 aliphatic rings. The lowest BCUT2D eigenvalue weighted by Gasteiger charge is -2.20. The molecular formula is C13H13FN2O2S. The van der Waals surface area contributed by atoms with Gasteiger partial charge in [0.05, 0.1) is 22.9 Å². The maximum atomic E-state index is 13.6. The predicted molar refractivity (Wildman–Crippen MR) is 72.3 cm³/mol. The molecule has 0 atom stereocenters. The van der Waals surface area contributed by atoms with Crippen molar-refractivity contribution in [3.63, 3.8) is 0 Å². The van der Waals surface area contributed by atoms with Crippen molar-refractivity contribution >= 4 is 23.0 Å². The second kappa shape index (κ2) is 5.36. The van der Waals surface area contributed by atoms with Gasteiger partial charge in [-0.3, -0.25) is 0 Å². The van der Waals surface area contributed by atoms with Gasteiger partial charge in [-0.05, 0) is 19.1 Å². The number of benzene rings is 1. The fourth-order valence-corrected chi connectivity index (χ4v) is 2.46. The van der Waals surface area contributed by atoms with Gasteiger partial charge in [-0.1, -0.05) is 6.07 Å². The van der Waals surface area contributed by atoms with Crippen LogP contribution in [-0.2, 0) is 6.54 Å². The molecule has 1 aromatic carbocycles. The molecule has 2 aromatic rings. The molecule has 0 bridgehead atoms. The quantitative estimate of drug-likeness (QED) is 0.935. The van der Waals surface area contributed by atoms with Gasteiger partial charge in [-0.25, -0.2) is 14.2 Å². The number of halogens is 1. The number of thiazole rings is 1. The first-order chi connectivity index (χ1) is 8.99. The van der Waals surface area contributed by atoms with Crippen molar-refractivity contribution in [3.05, 3.63) is 45.7 Å². The standard InChI is InChI=1S/C13H13FN2O2S/c1-8-15-9(7-19-8)6-16(2)11-5-3-4-10(14)12(11)13(17)18/h3-5,7H,6H2,1-2H3,(H,17,18). The van der Waals surface area contributed by atoms with Gasteiger partial charge >= 0.3 is 5.97 Å². The Labute approximate surface area is 114 Å². The van der Waals surface area contributed by atoms with E-state index in [1.807, 2.05) is 12.3 Å². The zero-order chi connectivity index (χ0) is 14.0. The van der Waals surface area contributed by atoms with E-state index in [9.17, 15) is 9.18 Å². The zero-order valence-corrected chi connectivity index (χ0v) is 11.4. The van der Waals surface area contributed by atoms with Crippen molar-refractivity contribution in [1.29, 1.82) is 0 Å². The van der Waals surface area contributed by atoms with Crippen LogP contribution in [0.2, 0.25) is 0 Å². The van der Waals surface area contributed by atoms with Crippen molar-refractivity contribution < 1.29 is 14.3 Å². The average molecular weight is 280 g/mol. The number of hydrogen-bond acceptors (Lipinski definition) is 4. The van der Waals surface area contributed by atoms with Crippen LogP contribution < -0.4 is 4.90 Å². The molecule has 0 aliphatic heterocycles. The molecule has 0 saturated carbocycles. The summed E-state index contributed by atoms with van der Waals surface area (Å²) in [6, 6.07) is 4.24. The number of carbonyl (C=O) groups is 1. The van der Waals surface area contributed by atoms with Gasteiger partial charge < -0.3 is 10.0 Å². The molecule has 0 amide bonds. The molecule has 100 valence electrons. The van der Waals surface area contributed by atoms with Crippen LogP contribution in [0.1, 0.15) is 21.1 Å². The molecule has 19 heavy (non-hydrogen) atoms. The Balaban J connectivity index is 2.31. The summed E-state index contributed by atoms with van der Waals surface area (Å²) in [6.45, 7) is 2.34. The van der Waals surface area contributed by atoms with E-state index in [4.69, 9.17) is 5.11 Å². The van der Waals surface area contributed by atoms with Crippen LogP contribution in [0.3, 0.4) is 0 Å². The first-order valence-electron chi connectivity index (χ1n) is 5.63. The lowest BCUT2D eigenvalue weighted by atomic mass is 10.1. The normalized spacial score (nSPS) is 10.5. The fraction of sp³-hybridized carbons (Fsp3) is 0.231. The average Bonchev–Trinajstić information content (AvgIpc) is 2.73. The minimum Gasteiger partial charge on any atom is -0.478 e. The SMILES string of the molecule is Cc1nc(CN(C)c2cccc(F)c2C(=O)O)cs1. The summed E-state index contributed by atoms with van der Waals surface area (Å²) in [4.78, 5) is 17.1. The Bertz CT molecular complexity index is 612. The minimum absolute atomic E-state index is 0.308. The Morgan fingerprint density at radius 2 is 2.26 bits per heavy atom. The molecule has 1 N–H and O–H groups in total. The summed E-state index contributed by atoms with van der Waals surface area (Å²) in [7, 11) is 1.72. The number of aromatic nitrogens is 1. The van der Waals surface area contributed by atoms with Crippen molar-refractivity contribution in [3.8, 4) is 0 Å². The Morgan fingerprint density at radius 1 is 1.53 bits per heavy atom. The highest BCUT2D eigenvalue weighted by Gasteiger charge is 2.18. The number of nitrogens with zero attached hydrogens (tertiary/aromatic N) is 2. The number of aryl methyl sites for hydroxylation is 1. The number of carboxylic acids is 1. The van der Waals surface area contributed by atoms with E-state index in [-0.39, 0.29) is 5.56 Å². The molecular weight excluding hydrogens is 267 g/mol. The summed E-state index contributed by atoms with van der Waals surface area (Å²) in [5.74, 6) is -2.00. The molecule has 0 saturated heterocycles. The molecule has 0 unspecified atom stereocenters. The van der Waals surface area contributed by atoms with E-state index < -0.39 is 11.8 Å². The third-order valence-corrected chi connectivity index (χ3v) is 3.50. The van der Waals surface area contributed by atoms with Gasteiger partial charge in [-0.15, -0.1) is 11.3 Å². The Hall–Kier alpha value is -1.95. The zero-order valence-electron chi connectivity index (χ0n) is 10.6. The second-order valence-corrected chi connectivity index (χ2v) is 5.22. The van der Waals surface area contributed by atoms with E-state index in [1.165, 1.54) is 17.4 Å². The van der Waals surface area contributed by atoms with E-state index >= 15 is 0 Å². The van der Waals surface area contributed by atoms with Gasteiger partial charge in [0.1, 0.15) is 11.4 Å². The molecule has 1 aromatic heterocycles. The molecule has 4 nitrogen and oxygen atoms in total. The van der Waals surface area contributed by atoms with Crippen LogP contribution in [0.5, 0.6) is 0 Å². The molecule has 0 radical (unpaired) electrons. The molecule has 1 heterocycles. The molecule has 2 rings (SSSR count). The highest BCUT2D eigenvalue weighted by atomic mass is 32.1. The van der Waals surface area contributed by atoms with Crippen LogP contribution >= 0.6 is 11.3 Å². The number of aromatic carboxylic acids is 1. The fourth-order valence-electron chi connectivity index (χ4n) is 1.85. The highest BCUT2D eigenvalue weighted by Crippen LogP contribution is 2.24. The monoisotopic (exact) mass is 280 g/mol. The van der Waals surface area contributed by atoms with Gasteiger partial charge in [0.25, 0.3) is 0 Å². The lowest BCUT2D eigenvalue weighted by molar-refractivity contribution is 0.0692. The van der Waals surface area contributed by atoms with E-state index in [1.54, 1.807) is 18.0 Å². The Morgan fingerprint density at radius 3 is 2.84 bits per heavy atom. The van der Waals surface area contributed by atoms with Crippen molar-refractivity contribution in [1.82, 2.24) is 4.98 Å². The van der Waals surface area contributed by atoms with Crippen LogP contribution in [0.15, 0.2) is 23.6 Å². The van der Waals surface area contributed by atoms with Gasteiger partial charge in [0.15, 0.2) is 0 Å². The third kappa shape index (κ3) is 2.90. The van der Waals surface area contributed by atoms with Crippen LogP contribution in [-0.4, -0.2) is 23.1 Å². The van der Waals surface area contributed by atoms with Crippen LogP contribution in [0, 0.1) is 12.7 Å². The number of hydrogen-bond donors (Lipinski definition) is 1.